The quantitative estimate of drug-likeness (QED) is 0.905. The highest BCUT2D eigenvalue weighted by Gasteiger charge is 2.42. The molecule has 0 unspecified atom stereocenters. The van der Waals surface area contributed by atoms with Crippen LogP contribution in [0.25, 0.3) is 0 Å². The van der Waals surface area contributed by atoms with Crippen molar-refractivity contribution >= 4 is 5.97 Å². The van der Waals surface area contributed by atoms with E-state index in [-0.39, 0.29) is 11.8 Å². The van der Waals surface area contributed by atoms with Gasteiger partial charge in [0.2, 0.25) is 0 Å². The fourth-order valence-corrected chi connectivity index (χ4v) is 3.17. The summed E-state index contributed by atoms with van der Waals surface area (Å²) in [6.07, 6.45) is 5.33. The molecule has 2 rings (SSSR count). The number of rotatable bonds is 3. The largest absolute Gasteiger partial charge is 0.481 e. The van der Waals surface area contributed by atoms with Gasteiger partial charge in [0.05, 0.1) is 12.0 Å². The molecule has 1 saturated carbocycles. The predicted octanol–water partition coefficient (Wildman–Crippen LogP) is 2.08. The van der Waals surface area contributed by atoms with E-state index in [0.717, 1.165) is 25.7 Å². The maximum absolute atomic E-state index is 11.2. The van der Waals surface area contributed by atoms with Crippen molar-refractivity contribution in [3.05, 3.63) is 6.33 Å². The topological polar surface area (TPSA) is 80.9 Å². The molecule has 0 aromatic carbocycles. The van der Waals surface area contributed by atoms with Crippen LogP contribution >= 0.6 is 0 Å². The molecule has 1 aliphatic rings. The average Bonchev–Trinajstić information content (AvgIpc) is 2.81. The van der Waals surface area contributed by atoms with Crippen LogP contribution in [-0.2, 0) is 10.3 Å². The number of nitrogens with zero attached hydrogens (tertiary/aromatic N) is 4. The molecule has 1 aromatic rings. The molecule has 0 atom stereocenters. The van der Waals surface area contributed by atoms with Gasteiger partial charge in [-0.15, -0.1) is 5.10 Å². The first kappa shape index (κ1) is 14.0. The average molecular weight is 266 g/mol. The Balaban J connectivity index is 2.17. The molecule has 1 fully saturated rings. The maximum Gasteiger partial charge on any atom is 0.305 e. The summed E-state index contributed by atoms with van der Waals surface area (Å²) in [4.78, 5) is 11.2. The minimum atomic E-state index is -0.787. The monoisotopic (exact) mass is 266 g/mol. The smallest absolute Gasteiger partial charge is 0.305 e. The summed E-state index contributed by atoms with van der Waals surface area (Å²) in [6, 6.07) is 0. The number of carbonyl (C=O) groups is 1. The molecule has 19 heavy (non-hydrogen) atoms. The number of hydrogen-bond donors (Lipinski definition) is 1. The first-order chi connectivity index (χ1) is 8.83. The van der Waals surface area contributed by atoms with Crippen LogP contribution in [0.1, 0.15) is 52.9 Å². The lowest BCUT2D eigenvalue weighted by Gasteiger charge is -2.43. The van der Waals surface area contributed by atoms with E-state index in [1.54, 1.807) is 11.0 Å². The van der Waals surface area contributed by atoms with Gasteiger partial charge < -0.3 is 5.11 Å². The van der Waals surface area contributed by atoms with Crippen LogP contribution in [0, 0.1) is 11.3 Å². The summed E-state index contributed by atoms with van der Waals surface area (Å²) in [5.74, 6) is -0.157. The molecule has 106 valence electrons. The third-order valence-electron chi connectivity index (χ3n) is 4.46. The molecule has 1 aromatic heterocycles. The van der Waals surface area contributed by atoms with Gasteiger partial charge in [0.15, 0.2) is 0 Å². The van der Waals surface area contributed by atoms with Crippen molar-refractivity contribution in [3.8, 4) is 0 Å². The molecule has 0 aliphatic heterocycles. The van der Waals surface area contributed by atoms with E-state index >= 15 is 0 Å². The van der Waals surface area contributed by atoms with Crippen LogP contribution in [0.4, 0.5) is 0 Å². The van der Waals surface area contributed by atoms with Crippen molar-refractivity contribution in [3.63, 3.8) is 0 Å². The molecule has 0 spiro atoms. The lowest BCUT2D eigenvalue weighted by molar-refractivity contribution is -0.140. The standard InChI is InChI=1S/C13H22N4O2/c1-12(2,3)10-4-6-13(7-5-10,8-11(18)19)17-9-14-15-16-17/h9-10H,4-8H2,1-3H3,(H,18,19). The summed E-state index contributed by atoms with van der Waals surface area (Å²) < 4.78 is 1.65. The SMILES string of the molecule is CC(C)(C)C1CCC(CC(=O)O)(n2cnnn2)CC1. The summed E-state index contributed by atoms with van der Waals surface area (Å²) in [7, 11) is 0. The Labute approximate surface area is 113 Å². The fraction of sp³-hybridized carbons (Fsp3) is 0.846. The van der Waals surface area contributed by atoms with Gasteiger partial charge in [0.25, 0.3) is 0 Å². The summed E-state index contributed by atoms with van der Waals surface area (Å²) in [6.45, 7) is 6.75. The second-order valence-electron chi connectivity index (χ2n) is 6.69. The number of hydrogen-bond acceptors (Lipinski definition) is 4. The fourth-order valence-electron chi connectivity index (χ4n) is 3.17. The molecule has 6 heteroatoms. The van der Waals surface area contributed by atoms with Crippen LogP contribution in [0.5, 0.6) is 0 Å². The van der Waals surface area contributed by atoms with Crippen LogP contribution in [0.3, 0.4) is 0 Å². The number of aromatic nitrogens is 4. The van der Waals surface area contributed by atoms with Crippen LogP contribution < -0.4 is 0 Å². The number of carboxylic acid groups (broad SMARTS) is 1. The van der Waals surface area contributed by atoms with E-state index in [0.29, 0.717) is 5.92 Å². The van der Waals surface area contributed by atoms with Gasteiger partial charge in [0.1, 0.15) is 6.33 Å². The molecule has 1 heterocycles. The van der Waals surface area contributed by atoms with E-state index in [1.165, 1.54) is 0 Å². The van der Waals surface area contributed by atoms with Crippen molar-refractivity contribution in [1.29, 1.82) is 0 Å². The normalized spacial score (nSPS) is 28.3. The first-order valence-corrected chi connectivity index (χ1v) is 6.79. The van der Waals surface area contributed by atoms with E-state index in [9.17, 15) is 9.90 Å². The molecule has 0 bridgehead atoms. The highest BCUT2D eigenvalue weighted by molar-refractivity contribution is 5.68. The molecule has 0 radical (unpaired) electrons. The Kier molecular flexibility index (Phi) is 3.60. The highest BCUT2D eigenvalue weighted by Crippen LogP contribution is 2.45. The zero-order chi connectivity index (χ0) is 14.1. The van der Waals surface area contributed by atoms with Gasteiger partial charge in [-0.2, -0.15) is 0 Å². The summed E-state index contributed by atoms with van der Waals surface area (Å²) >= 11 is 0. The van der Waals surface area contributed by atoms with Crippen LogP contribution in [-0.4, -0.2) is 31.3 Å². The maximum atomic E-state index is 11.2. The van der Waals surface area contributed by atoms with Gasteiger partial charge in [-0.3, -0.25) is 4.79 Å². The van der Waals surface area contributed by atoms with E-state index < -0.39 is 11.5 Å². The van der Waals surface area contributed by atoms with Crippen molar-refractivity contribution in [1.82, 2.24) is 20.2 Å². The number of carboxylic acids is 1. The van der Waals surface area contributed by atoms with Gasteiger partial charge >= 0.3 is 5.97 Å². The van der Waals surface area contributed by atoms with Crippen molar-refractivity contribution in [2.75, 3.05) is 0 Å². The van der Waals surface area contributed by atoms with Crippen molar-refractivity contribution in [2.45, 2.75) is 58.4 Å². The zero-order valence-corrected chi connectivity index (χ0v) is 11.8. The van der Waals surface area contributed by atoms with E-state index in [1.807, 2.05) is 0 Å². The van der Waals surface area contributed by atoms with Crippen molar-refractivity contribution in [2.24, 2.45) is 11.3 Å². The van der Waals surface area contributed by atoms with Gasteiger partial charge in [0, 0.05) is 0 Å². The predicted molar refractivity (Wildman–Crippen MR) is 69.5 cm³/mol. The lowest BCUT2D eigenvalue weighted by atomic mass is 9.66. The Hall–Kier alpha value is -1.46. The first-order valence-electron chi connectivity index (χ1n) is 6.79. The molecule has 0 amide bonds. The molecular formula is C13H22N4O2. The number of aliphatic carboxylic acids is 1. The van der Waals surface area contributed by atoms with Crippen LogP contribution in [0.15, 0.2) is 6.33 Å². The molecular weight excluding hydrogens is 244 g/mol. The van der Waals surface area contributed by atoms with Crippen molar-refractivity contribution < 1.29 is 9.90 Å². The second-order valence-corrected chi connectivity index (χ2v) is 6.69. The Morgan fingerprint density at radius 3 is 2.47 bits per heavy atom. The highest BCUT2D eigenvalue weighted by atomic mass is 16.4. The van der Waals surface area contributed by atoms with E-state index in [2.05, 4.69) is 36.3 Å². The second kappa shape index (κ2) is 4.90. The van der Waals surface area contributed by atoms with Gasteiger partial charge in [-0.05, 0) is 47.4 Å². The molecule has 1 aliphatic carbocycles. The summed E-state index contributed by atoms with van der Waals surface area (Å²) in [5.41, 5.74) is -0.174. The third-order valence-corrected chi connectivity index (χ3v) is 4.46. The van der Waals surface area contributed by atoms with E-state index in [4.69, 9.17) is 0 Å². The molecule has 6 nitrogen and oxygen atoms in total. The molecule has 1 N–H and O–H groups in total. The Morgan fingerprint density at radius 2 is 2.05 bits per heavy atom. The minimum Gasteiger partial charge on any atom is -0.481 e. The summed E-state index contributed by atoms with van der Waals surface area (Å²) in [5, 5.41) is 20.4. The lowest BCUT2D eigenvalue weighted by Crippen LogP contribution is -2.42. The Morgan fingerprint density at radius 1 is 1.42 bits per heavy atom. The third kappa shape index (κ3) is 2.93. The van der Waals surface area contributed by atoms with Crippen LogP contribution in [0.2, 0.25) is 0 Å². The Bertz CT molecular complexity index is 428. The zero-order valence-electron chi connectivity index (χ0n) is 11.8. The van der Waals surface area contributed by atoms with Gasteiger partial charge in [-0.1, -0.05) is 20.8 Å². The van der Waals surface area contributed by atoms with Gasteiger partial charge in [-0.25, -0.2) is 4.68 Å². The number of tetrazole rings is 1. The minimum absolute atomic E-state index is 0.0922. The molecule has 0 saturated heterocycles.